The number of hydrogen-bond acceptors (Lipinski definition) is 2. The second kappa shape index (κ2) is 4.96. The molecule has 0 aliphatic carbocycles. The molecule has 0 fully saturated rings. The lowest BCUT2D eigenvalue weighted by molar-refractivity contribution is 0.448. The van der Waals surface area contributed by atoms with Crippen molar-refractivity contribution >= 4 is 34.9 Å². The fourth-order valence-electron chi connectivity index (χ4n) is 2.44. The van der Waals surface area contributed by atoms with Crippen LogP contribution >= 0.6 is 11.6 Å². The molecular weight excluding hydrogens is 286 g/mol. The first kappa shape index (κ1) is 14.1. The highest BCUT2D eigenvalue weighted by atomic mass is 35.5. The quantitative estimate of drug-likeness (QED) is 0.630. The molecule has 0 spiro atoms. The van der Waals surface area contributed by atoms with Gasteiger partial charge in [-0.1, -0.05) is 31.3 Å². The van der Waals surface area contributed by atoms with E-state index in [0.29, 0.717) is 29.9 Å². The minimum absolute atomic E-state index is 0.496. The van der Waals surface area contributed by atoms with Crippen molar-refractivity contribution in [3.8, 4) is 0 Å². The van der Waals surface area contributed by atoms with Crippen LogP contribution in [0.5, 0.6) is 0 Å². The fourth-order valence-corrected chi connectivity index (χ4v) is 9.17. The number of nitrogens with zero attached hydrogens (tertiary/aromatic N) is 1. The van der Waals surface area contributed by atoms with Crippen LogP contribution in [0.1, 0.15) is 6.42 Å². The van der Waals surface area contributed by atoms with E-state index >= 15 is 0 Å². The van der Waals surface area contributed by atoms with E-state index in [-0.39, 0.29) is 0 Å². The molecule has 1 aliphatic rings. The van der Waals surface area contributed by atoms with Crippen molar-refractivity contribution in [3.05, 3.63) is 24.3 Å². The van der Waals surface area contributed by atoms with Crippen LogP contribution in [0, 0.1) is 0 Å². The Labute approximate surface area is 115 Å². The number of sulfonamides is 1. The highest BCUT2D eigenvalue weighted by molar-refractivity contribution is 7.89. The van der Waals surface area contributed by atoms with Crippen molar-refractivity contribution in [1.29, 1.82) is 0 Å². The first-order chi connectivity index (χ1) is 8.39. The Bertz CT molecular complexity index is 545. The Morgan fingerprint density at radius 3 is 2.67 bits per heavy atom. The first-order valence-corrected chi connectivity index (χ1v) is 11.2. The first-order valence-electron chi connectivity index (χ1n) is 6.05. The van der Waals surface area contributed by atoms with Gasteiger partial charge in [0.15, 0.2) is 0 Å². The number of benzene rings is 1. The summed E-state index contributed by atoms with van der Waals surface area (Å²) in [5.74, 6) is 0.496. The number of alkyl halides is 1. The molecule has 0 N–H and O–H groups in total. The summed E-state index contributed by atoms with van der Waals surface area (Å²) in [6.45, 7) is 4.96. The zero-order valence-corrected chi connectivity index (χ0v) is 13.3. The molecule has 0 saturated carbocycles. The predicted molar refractivity (Wildman–Crippen MR) is 77.7 cm³/mol. The van der Waals surface area contributed by atoms with Crippen LogP contribution in [0.15, 0.2) is 29.2 Å². The van der Waals surface area contributed by atoms with Gasteiger partial charge in [0.1, 0.15) is 0 Å². The third-order valence-corrected chi connectivity index (χ3v) is 8.99. The zero-order chi connectivity index (χ0) is 13.4. The van der Waals surface area contributed by atoms with Crippen LogP contribution in [-0.2, 0) is 10.0 Å². The van der Waals surface area contributed by atoms with Crippen molar-refractivity contribution in [1.82, 2.24) is 4.31 Å². The third-order valence-electron chi connectivity index (χ3n) is 3.35. The highest BCUT2D eigenvalue weighted by Crippen LogP contribution is 2.24. The Balaban J connectivity index is 2.49. The standard InChI is InChI=1S/C12H18ClNO2SSi/c1-18(2)10-14(9-5-8-13)17(15,16)11-6-3-4-7-12(11)18/h3-4,6-7H,5,8-10H2,1-2H3. The smallest absolute Gasteiger partial charge is 0.207 e. The number of rotatable bonds is 3. The summed E-state index contributed by atoms with van der Waals surface area (Å²) >= 11 is 5.68. The van der Waals surface area contributed by atoms with Crippen molar-refractivity contribution in [2.45, 2.75) is 24.4 Å². The molecule has 1 aromatic rings. The lowest BCUT2D eigenvalue weighted by Gasteiger charge is -2.37. The molecule has 0 saturated heterocycles. The molecule has 1 aliphatic heterocycles. The van der Waals surface area contributed by atoms with Gasteiger partial charge in [-0.15, -0.1) is 11.6 Å². The van der Waals surface area contributed by atoms with Crippen molar-refractivity contribution < 1.29 is 8.42 Å². The van der Waals surface area contributed by atoms with E-state index < -0.39 is 18.1 Å². The molecule has 100 valence electrons. The van der Waals surface area contributed by atoms with Gasteiger partial charge in [0.05, 0.1) is 13.0 Å². The molecule has 0 atom stereocenters. The van der Waals surface area contributed by atoms with Gasteiger partial charge < -0.3 is 0 Å². The third kappa shape index (κ3) is 2.36. The molecule has 0 radical (unpaired) electrons. The van der Waals surface area contributed by atoms with Gasteiger partial charge >= 0.3 is 0 Å². The Morgan fingerprint density at radius 2 is 2.00 bits per heavy atom. The van der Waals surface area contributed by atoms with E-state index in [2.05, 4.69) is 13.1 Å². The molecule has 3 nitrogen and oxygen atoms in total. The van der Waals surface area contributed by atoms with E-state index in [9.17, 15) is 8.42 Å². The van der Waals surface area contributed by atoms with E-state index in [1.807, 2.05) is 12.1 Å². The summed E-state index contributed by atoms with van der Waals surface area (Å²) < 4.78 is 26.6. The molecule has 6 heteroatoms. The molecule has 0 unspecified atom stereocenters. The van der Waals surface area contributed by atoms with Gasteiger partial charge in [-0.2, -0.15) is 0 Å². The molecule has 0 amide bonds. The molecule has 0 aromatic heterocycles. The second-order valence-corrected chi connectivity index (χ2v) is 12.2. The Hall–Kier alpha value is -0.363. The van der Waals surface area contributed by atoms with Crippen LogP contribution < -0.4 is 5.19 Å². The minimum Gasteiger partial charge on any atom is -0.207 e. The Morgan fingerprint density at radius 1 is 1.33 bits per heavy atom. The molecule has 2 rings (SSSR count). The van der Waals surface area contributed by atoms with Crippen LogP contribution in [-0.4, -0.2) is 39.4 Å². The minimum atomic E-state index is -3.32. The largest absolute Gasteiger partial charge is 0.242 e. The summed E-state index contributed by atoms with van der Waals surface area (Å²) in [6, 6.07) is 7.42. The normalized spacial score (nSPS) is 21.5. The second-order valence-electron chi connectivity index (χ2n) is 5.26. The lowest BCUT2D eigenvalue weighted by Crippen LogP contribution is -2.59. The van der Waals surface area contributed by atoms with E-state index in [1.54, 1.807) is 16.4 Å². The molecule has 18 heavy (non-hydrogen) atoms. The van der Waals surface area contributed by atoms with Gasteiger partial charge in [0.2, 0.25) is 10.0 Å². The van der Waals surface area contributed by atoms with Crippen LogP contribution in [0.3, 0.4) is 0 Å². The summed E-state index contributed by atoms with van der Waals surface area (Å²) in [5, 5.41) is 1.05. The summed E-state index contributed by atoms with van der Waals surface area (Å²) in [5.41, 5.74) is 0. The topological polar surface area (TPSA) is 37.4 Å². The monoisotopic (exact) mass is 303 g/mol. The molecule has 1 aromatic carbocycles. The number of hydrogen-bond donors (Lipinski definition) is 0. The molecular formula is C12H18ClNO2SSi. The fraction of sp³-hybridized carbons (Fsp3) is 0.500. The van der Waals surface area contributed by atoms with Crippen molar-refractivity contribution in [2.24, 2.45) is 0 Å². The summed E-state index contributed by atoms with van der Waals surface area (Å²) in [7, 11) is -5.03. The maximum absolute atomic E-state index is 12.5. The SMILES string of the molecule is C[Si]1(C)CN(CCCCl)S(=O)(=O)c2ccccc21. The average molecular weight is 304 g/mol. The van der Waals surface area contributed by atoms with E-state index in [4.69, 9.17) is 11.6 Å². The maximum Gasteiger partial charge on any atom is 0.242 e. The van der Waals surface area contributed by atoms with Crippen molar-refractivity contribution in [3.63, 3.8) is 0 Å². The average Bonchev–Trinajstić information content (AvgIpc) is 2.33. The number of fused-ring (bicyclic) bond motifs is 1. The Kier molecular flexibility index (Phi) is 3.87. The summed E-state index contributed by atoms with van der Waals surface area (Å²) in [4.78, 5) is 0.502. The van der Waals surface area contributed by atoms with Gasteiger partial charge in [0, 0.05) is 18.6 Å². The number of halogens is 1. The molecule has 1 heterocycles. The van der Waals surface area contributed by atoms with Gasteiger partial charge in [-0.25, -0.2) is 12.7 Å². The van der Waals surface area contributed by atoms with Crippen molar-refractivity contribution in [2.75, 3.05) is 18.6 Å². The van der Waals surface area contributed by atoms with Gasteiger partial charge in [-0.05, 0) is 17.7 Å². The van der Waals surface area contributed by atoms with Crippen LogP contribution in [0.25, 0.3) is 0 Å². The van der Waals surface area contributed by atoms with Gasteiger partial charge in [0.25, 0.3) is 0 Å². The van der Waals surface area contributed by atoms with Gasteiger partial charge in [-0.3, -0.25) is 0 Å². The molecule has 0 bridgehead atoms. The van der Waals surface area contributed by atoms with Crippen LogP contribution in [0.4, 0.5) is 0 Å². The van der Waals surface area contributed by atoms with Crippen LogP contribution in [0.2, 0.25) is 13.1 Å². The van der Waals surface area contributed by atoms with E-state index in [1.165, 1.54) is 0 Å². The van der Waals surface area contributed by atoms with E-state index in [0.717, 1.165) is 5.19 Å². The highest BCUT2D eigenvalue weighted by Gasteiger charge is 2.41. The summed E-state index contributed by atoms with van der Waals surface area (Å²) in [6.07, 6.45) is 1.36. The lowest BCUT2D eigenvalue weighted by atomic mass is 10.4. The maximum atomic E-state index is 12.5. The predicted octanol–water partition coefficient (Wildman–Crippen LogP) is 1.77. The zero-order valence-electron chi connectivity index (χ0n) is 10.7.